The number of nitrogens with zero attached hydrogens (tertiary/aromatic N) is 1. The maximum atomic E-state index is 13.2. The van der Waals surface area contributed by atoms with Gasteiger partial charge in [-0.3, -0.25) is 25.7 Å². The highest BCUT2D eigenvalue weighted by Gasteiger charge is 2.23. The van der Waals surface area contributed by atoms with Crippen molar-refractivity contribution in [3.63, 3.8) is 0 Å². The lowest BCUT2D eigenvalue weighted by molar-refractivity contribution is -0.385. The summed E-state index contributed by atoms with van der Waals surface area (Å²) in [5.74, 6) is 0. The molecule has 33 heavy (non-hydrogen) atoms. The van der Waals surface area contributed by atoms with Gasteiger partial charge in [0, 0.05) is 17.8 Å². The molecule has 3 aromatic carbocycles. The van der Waals surface area contributed by atoms with E-state index in [1.165, 1.54) is 12.1 Å². The SMILES string of the molecule is Cc1cccc(NC(=S)NNc2ccc([N+](=O)[O-])cc2S(=O)(=O)Nc2ccc(C)cc2C)c1. The second kappa shape index (κ2) is 9.84. The Hall–Kier alpha value is -3.70. The van der Waals surface area contributed by atoms with E-state index in [-0.39, 0.29) is 21.4 Å². The highest BCUT2D eigenvalue weighted by Crippen LogP contribution is 2.29. The standard InChI is InChI=1S/C22H23N5O4S2/c1-14-5-4-6-17(12-14)23-22(32)25-24-20-10-8-18(27(28)29)13-21(20)33(30,31)26-19-9-7-15(2)11-16(19)3/h4-13,24,26H,1-3H3,(H2,23,25,32). The van der Waals surface area contributed by atoms with E-state index in [0.29, 0.717) is 5.69 Å². The van der Waals surface area contributed by atoms with Crippen LogP contribution in [-0.4, -0.2) is 18.5 Å². The lowest BCUT2D eigenvalue weighted by Gasteiger charge is -2.17. The smallest absolute Gasteiger partial charge is 0.270 e. The first-order valence-electron chi connectivity index (χ1n) is 9.83. The zero-order valence-corrected chi connectivity index (χ0v) is 19.8. The van der Waals surface area contributed by atoms with Crippen LogP contribution in [0.15, 0.2) is 65.6 Å². The second-order valence-electron chi connectivity index (χ2n) is 7.44. The molecule has 11 heteroatoms. The van der Waals surface area contributed by atoms with Gasteiger partial charge >= 0.3 is 0 Å². The van der Waals surface area contributed by atoms with Crippen molar-refractivity contribution in [3.8, 4) is 0 Å². The van der Waals surface area contributed by atoms with Gasteiger partial charge in [-0.25, -0.2) is 8.42 Å². The highest BCUT2D eigenvalue weighted by atomic mass is 32.2. The fraction of sp³-hybridized carbons (Fsp3) is 0.136. The van der Waals surface area contributed by atoms with Crippen LogP contribution < -0.4 is 20.9 Å². The molecule has 0 aromatic heterocycles. The van der Waals surface area contributed by atoms with E-state index < -0.39 is 14.9 Å². The molecule has 3 aromatic rings. The molecule has 0 fully saturated rings. The van der Waals surface area contributed by atoms with Gasteiger partial charge in [0.25, 0.3) is 15.7 Å². The van der Waals surface area contributed by atoms with E-state index in [0.717, 1.165) is 28.4 Å². The molecule has 9 nitrogen and oxygen atoms in total. The Kier molecular flexibility index (Phi) is 7.14. The van der Waals surface area contributed by atoms with E-state index >= 15 is 0 Å². The Balaban J connectivity index is 1.86. The lowest BCUT2D eigenvalue weighted by Crippen LogP contribution is -2.34. The fourth-order valence-corrected chi connectivity index (χ4v) is 4.57. The van der Waals surface area contributed by atoms with Crippen LogP contribution in [0.1, 0.15) is 16.7 Å². The number of non-ortho nitro benzene ring substituents is 1. The molecule has 0 aliphatic rings. The summed E-state index contributed by atoms with van der Waals surface area (Å²) in [6.07, 6.45) is 0. The number of hydrazine groups is 1. The van der Waals surface area contributed by atoms with Crippen molar-refractivity contribution in [2.75, 3.05) is 15.5 Å². The molecule has 0 saturated heterocycles. The van der Waals surface area contributed by atoms with Crippen molar-refractivity contribution in [1.82, 2.24) is 5.43 Å². The summed E-state index contributed by atoms with van der Waals surface area (Å²) in [5.41, 5.74) is 9.05. The number of rotatable bonds is 7. The minimum Gasteiger partial charge on any atom is -0.331 e. The molecule has 0 aliphatic heterocycles. The third kappa shape index (κ3) is 6.18. The summed E-state index contributed by atoms with van der Waals surface area (Å²) in [6, 6.07) is 16.3. The molecule has 0 amide bonds. The Morgan fingerprint density at radius 2 is 1.64 bits per heavy atom. The second-order valence-corrected chi connectivity index (χ2v) is 9.49. The normalized spacial score (nSPS) is 10.9. The molecule has 0 bridgehead atoms. The van der Waals surface area contributed by atoms with E-state index in [1.807, 2.05) is 44.2 Å². The summed E-state index contributed by atoms with van der Waals surface area (Å²) in [4.78, 5) is 10.3. The Bertz CT molecular complexity index is 1330. The number of thiocarbonyl (C=S) groups is 1. The first-order valence-corrected chi connectivity index (χ1v) is 11.7. The predicted molar refractivity (Wildman–Crippen MR) is 134 cm³/mol. The van der Waals surface area contributed by atoms with Crippen LogP contribution in [0.2, 0.25) is 0 Å². The van der Waals surface area contributed by atoms with Gasteiger partial charge in [0.05, 0.1) is 16.3 Å². The van der Waals surface area contributed by atoms with Crippen molar-refractivity contribution in [2.45, 2.75) is 25.7 Å². The van der Waals surface area contributed by atoms with E-state index in [1.54, 1.807) is 19.1 Å². The van der Waals surface area contributed by atoms with Gasteiger partial charge < -0.3 is 5.32 Å². The van der Waals surface area contributed by atoms with Gasteiger partial charge in [-0.05, 0) is 68.4 Å². The van der Waals surface area contributed by atoms with Gasteiger partial charge in [0.2, 0.25) is 0 Å². The quantitative estimate of drug-likeness (QED) is 0.217. The maximum Gasteiger partial charge on any atom is 0.270 e. The van der Waals surface area contributed by atoms with Crippen LogP contribution in [0.5, 0.6) is 0 Å². The summed E-state index contributed by atoms with van der Waals surface area (Å²) in [5, 5.41) is 14.4. The minimum absolute atomic E-state index is 0.0891. The molecule has 0 spiro atoms. The molecule has 172 valence electrons. The first kappa shape index (κ1) is 24.0. The van der Waals surface area contributed by atoms with Crippen molar-refractivity contribution < 1.29 is 13.3 Å². The monoisotopic (exact) mass is 485 g/mol. The van der Waals surface area contributed by atoms with Gasteiger partial charge in [-0.1, -0.05) is 29.8 Å². The summed E-state index contributed by atoms with van der Waals surface area (Å²) in [7, 11) is -4.17. The van der Waals surface area contributed by atoms with E-state index in [4.69, 9.17) is 12.2 Å². The predicted octanol–water partition coefficient (Wildman–Crippen LogP) is 4.63. The minimum atomic E-state index is -4.17. The number of aryl methyl sites for hydroxylation is 3. The molecule has 4 N–H and O–H groups in total. The van der Waals surface area contributed by atoms with E-state index in [9.17, 15) is 18.5 Å². The summed E-state index contributed by atoms with van der Waals surface area (Å²) < 4.78 is 28.8. The molecule has 0 atom stereocenters. The van der Waals surface area contributed by atoms with Crippen LogP contribution in [0, 0.1) is 30.9 Å². The topological polar surface area (TPSA) is 125 Å². The van der Waals surface area contributed by atoms with Crippen LogP contribution in [0.4, 0.5) is 22.7 Å². The third-order valence-electron chi connectivity index (χ3n) is 4.68. The molecular weight excluding hydrogens is 462 g/mol. The van der Waals surface area contributed by atoms with Crippen LogP contribution in [-0.2, 0) is 10.0 Å². The van der Waals surface area contributed by atoms with Gasteiger partial charge in [-0.15, -0.1) is 0 Å². The maximum absolute atomic E-state index is 13.2. The summed E-state index contributed by atoms with van der Waals surface area (Å²) >= 11 is 5.26. The lowest BCUT2D eigenvalue weighted by atomic mass is 10.1. The number of nitro benzene ring substituents is 1. The molecule has 0 heterocycles. The van der Waals surface area contributed by atoms with Crippen LogP contribution in [0.3, 0.4) is 0 Å². The van der Waals surface area contributed by atoms with E-state index in [2.05, 4.69) is 20.9 Å². The molecule has 0 unspecified atom stereocenters. The number of sulfonamides is 1. The number of hydrogen-bond donors (Lipinski definition) is 4. The highest BCUT2D eigenvalue weighted by molar-refractivity contribution is 7.93. The Morgan fingerprint density at radius 3 is 2.30 bits per heavy atom. The number of nitrogens with one attached hydrogen (secondary N) is 4. The molecule has 0 saturated carbocycles. The molecule has 0 radical (unpaired) electrons. The first-order chi connectivity index (χ1) is 15.5. The Morgan fingerprint density at radius 1 is 0.939 bits per heavy atom. The average Bonchev–Trinajstić information content (AvgIpc) is 2.74. The van der Waals surface area contributed by atoms with Crippen LogP contribution in [0.25, 0.3) is 0 Å². The van der Waals surface area contributed by atoms with Crippen molar-refractivity contribution in [2.24, 2.45) is 0 Å². The Labute approximate surface area is 197 Å². The van der Waals surface area contributed by atoms with Crippen molar-refractivity contribution >= 4 is 50.1 Å². The van der Waals surface area contributed by atoms with Gasteiger partial charge in [0.15, 0.2) is 5.11 Å². The third-order valence-corrected chi connectivity index (χ3v) is 6.29. The number of anilines is 3. The van der Waals surface area contributed by atoms with Gasteiger partial charge in [-0.2, -0.15) is 0 Å². The molecule has 3 rings (SSSR count). The summed E-state index contributed by atoms with van der Waals surface area (Å²) in [6.45, 7) is 5.61. The zero-order valence-electron chi connectivity index (χ0n) is 18.2. The fourth-order valence-electron chi connectivity index (χ4n) is 3.09. The largest absolute Gasteiger partial charge is 0.331 e. The number of nitro groups is 1. The van der Waals surface area contributed by atoms with Crippen molar-refractivity contribution in [1.29, 1.82) is 0 Å². The molecular formula is C22H23N5O4S2. The zero-order chi connectivity index (χ0) is 24.2. The molecule has 0 aliphatic carbocycles. The number of hydrogen-bond acceptors (Lipinski definition) is 6. The van der Waals surface area contributed by atoms with Gasteiger partial charge in [0.1, 0.15) is 4.90 Å². The van der Waals surface area contributed by atoms with Crippen LogP contribution >= 0.6 is 12.2 Å². The van der Waals surface area contributed by atoms with Crippen molar-refractivity contribution in [3.05, 3.63) is 87.5 Å². The number of benzene rings is 3. The average molecular weight is 486 g/mol.